The van der Waals surface area contributed by atoms with Crippen molar-refractivity contribution in [3.63, 3.8) is 0 Å². The van der Waals surface area contributed by atoms with E-state index >= 15 is 0 Å². The van der Waals surface area contributed by atoms with Gasteiger partial charge in [-0.2, -0.15) is 0 Å². The number of rotatable bonds is 1. The van der Waals surface area contributed by atoms with Gasteiger partial charge in [0.05, 0.1) is 10.8 Å². The van der Waals surface area contributed by atoms with E-state index in [0.29, 0.717) is 4.90 Å². The van der Waals surface area contributed by atoms with E-state index in [0.717, 1.165) is 0 Å². The molecule has 1 unspecified atom stereocenters. The van der Waals surface area contributed by atoms with Crippen molar-refractivity contribution in [2.75, 3.05) is 0 Å². The van der Waals surface area contributed by atoms with Crippen molar-refractivity contribution >= 4 is 16.0 Å². The third-order valence-electron chi connectivity index (χ3n) is 1.05. The highest BCUT2D eigenvalue weighted by Gasteiger charge is 1.91. The van der Waals surface area contributed by atoms with Gasteiger partial charge in [0.25, 0.3) is 0 Å². The fourth-order valence-electron chi connectivity index (χ4n) is 0.598. The molecule has 1 rings (SSSR count). The Balaban J connectivity index is 3.08. The van der Waals surface area contributed by atoms with Crippen molar-refractivity contribution < 1.29 is 9.35 Å². The number of hydrogen-bond acceptors (Lipinski definition) is 2. The van der Waals surface area contributed by atoms with Crippen LogP contribution in [0, 0.1) is 0 Å². The van der Waals surface area contributed by atoms with Crippen LogP contribution in [0.3, 0.4) is 0 Å². The molecular formula is C7H6O2S. The average Bonchev–Trinajstić information content (AvgIpc) is 2.05. The maximum Gasteiger partial charge on any atom is 0.187 e. The average molecular weight is 154 g/mol. The Morgan fingerprint density at radius 2 is 1.90 bits per heavy atom. The lowest BCUT2D eigenvalue weighted by Gasteiger charge is -1.92. The van der Waals surface area contributed by atoms with Crippen LogP contribution in [0.4, 0.5) is 0 Å². The Morgan fingerprint density at radius 1 is 1.30 bits per heavy atom. The van der Waals surface area contributed by atoms with Gasteiger partial charge in [-0.25, -0.2) is 4.79 Å². The van der Waals surface area contributed by atoms with Crippen molar-refractivity contribution in [3.05, 3.63) is 30.3 Å². The Kier molecular flexibility index (Phi) is 2.40. The smallest absolute Gasteiger partial charge is 0.187 e. The van der Waals surface area contributed by atoms with E-state index in [1.54, 1.807) is 24.3 Å². The van der Waals surface area contributed by atoms with Crippen LogP contribution in [-0.4, -0.2) is 9.79 Å². The van der Waals surface area contributed by atoms with E-state index in [9.17, 15) is 4.79 Å². The molecule has 10 heavy (non-hydrogen) atoms. The fourth-order valence-corrected chi connectivity index (χ4v) is 1.11. The zero-order chi connectivity index (χ0) is 7.40. The van der Waals surface area contributed by atoms with Crippen LogP contribution >= 0.6 is 10.8 Å². The van der Waals surface area contributed by atoms with Crippen LogP contribution in [0.15, 0.2) is 35.2 Å². The maximum absolute atomic E-state index is 9.94. The minimum Gasteiger partial charge on any atom is -0.323 e. The second-order valence-electron chi connectivity index (χ2n) is 1.68. The normalized spacial score (nSPS) is 12.1. The van der Waals surface area contributed by atoms with E-state index < -0.39 is 10.8 Å². The minimum absolute atomic E-state index is 0.609. The van der Waals surface area contributed by atoms with Crippen molar-refractivity contribution in [1.82, 2.24) is 0 Å². The summed E-state index contributed by atoms with van der Waals surface area (Å²) in [4.78, 5) is 10.6. The van der Waals surface area contributed by atoms with Crippen LogP contribution in [0.2, 0.25) is 0 Å². The molecule has 1 aromatic carbocycles. The molecule has 0 aliphatic rings. The molecule has 1 aromatic rings. The van der Waals surface area contributed by atoms with Crippen LogP contribution < -0.4 is 0 Å². The first-order valence-corrected chi connectivity index (χ1v) is 3.89. The Morgan fingerprint density at radius 3 is 2.40 bits per heavy atom. The van der Waals surface area contributed by atoms with Gasteiger partial charge >= 0.3 is 0 Å². The van der Waals surface area contributed by atoms with Crippen LogP contribution in [0.25, 0.3) is 0 Å². The van der Waals surface area contributed by atoms with Gasteiger partial charge in [-0.3, -0.25) is 0 Å². The molecule has 0 bridgehead atoms. The van der Waals surface area contributed by atoms with Gasteiger partial charge in [0, 0.05) is 4.90 Å². The van der Waals surface area contributed by atoms with Gasteiger partial charge in [-0.05, 0) is 12.1 Å². The SMILES string of the molecule is O=C=S(O)c1ccccc1. The Hall–Kier alpha value is -0.890. The summed E-state index contributed by atoms with van der Waals surface area (Å²) in [6, 6.07) is 8.74. The zero-order valence-electron chi connectivity index (χ0n) is 5.15. The highest BCUT2D eigenvalue weighted by atomic mass is 32.2. The first-order chi connectivity index (χ1) is 4.84. The number of carbonyl (C=O) groups excluding carboxylic acids is 1. The van der Waals surface area contributed by atoms with Crippen LogP contribution in [-0.2, 0) is 4.79 Å². The quantitative estimate of drug-likeness (QED) is 0.627. The van der Waals surface area contributed by atoms with Gasteiger partial charge in [-0.15, -0.1) is 0 Å². The molecule has 3 heteroatoms. The van der Waals surface area contributed by atoms with Crippen molar-refractivity contribution in [1.29, 1.82) is 0 Å². The number of hydrogen-bond donors (Lipinski definition) is 1. The van der Waals surface area contributed by atoms with Crippen molar-refractivity contribution in [2.45, 2.75) is 4.90 Å². The standard InChI is InChI=1S/C7H6O2S/c8-6-10(9)7-4-2-1-3-5-7/h1-5,9H. The molecule has 1 atom stereocenters. The van der Waals surface area contributed by atoms with E-state index in [2.05, 4.69) is 0 Å². The van der Waals surface area contributed by atoms with E-state index in [4.69, 9.17) is 4.55 Å². The largest absolute Gasteiger partial charge is 0.323 e. The lowest BCUT2D eigenvalue weighted by atomic mass is 10.4. The molecule has 2 nitrogen and oxygen atoms in total. The zero-order valence-corrected chi connectivity index (χ0v) is 5.97. The van der Waals surface area contributed by atoms with Crippen LogP contribution in [0.1, 0.15) is 0 Å². The number of benzene rings is 1. The molecule has 0 fully saturated rings. The highest BCUT2D eigenvalue weighted by Crippen LogP contribution is 2.18. The summed E-state index contributed by atoms with van der Waals surface area (Å²) in [5, 5.41) is 1.51. The molecule has 52 valence electrons. The van der Waals surface area contributed by atoms with Gasteiger partial charge in [-0.1, -0.05) is 18.2 Å². The van der Waals surface area contributed by atoms with Gasteiger partial charge < -0.3 is 4.55 Å². The molecule has 0 saturated carbocycles. The van der Waals surface area contributed by atoms with E-state index in [1.807, 2.05) is 6.07 Å². The molecule has 0 radical (unpaired) electrons. The fraction of sp³-hybridized carbons (Fsp3) is 0. The van der Waals surface area contributed by atoms with Gasteiger partial charge in [0.15, 0.2) is 5.23 Å². The topological polar surface area (TPSA) is 37.3 Å². The predicted molar refractivity (Wildman–Crippen MR) is 40.6 cm³/mol. The van der Waals surface area contributed by atoms with E-state index in [1.165, 1.54) is 5.23 Å². The molecule has 0 heterocycles. The first-order valence-electron chi connectivity index (χ1n) is 2.71. The maximum atomic E-state index is 9.94. The lowest BCUT2D eigenvalue weighted by Crippen LogP contribution is -1.70. The Bertz CT molecular complexity index is 262. The molecule has 0 aliphatic heterocycles. The molecular weight excluding hydrogens is 148 g/mol. The molecule has 0 amide bonds. The van der Waals surface area contributed by atoms with E-state index in [-0.39, 0.29) is 0 Å². The summed E-state index contributed by atoms with van der Waals surface area (Å²) in [5.74, 6) is 0. The summed E-state index contributed by atoms with van der Waals surface area (Å²) in [7, 11) is -1.35. The van der Waals surface area contributed by atoms with Crippen LogP contribution in [0.5, 0.6) is 0 Å². The molecule has 1 N–H and O–H groups in total. The highest BCUT2D eigenvalue weighted by molar-refractivity contribution is 8.09. The monoisotopic (exact) mass is 154 g/mol. The third-order valence-corrected chi connectivity index (χ3v) is 1.92. The third kappa shape index (κ3) is 1.54. The lowest BCUT2D eigenvalue weighted by molar-refractivity contribution is 0.568. The molecule has 0 spiro atoms. The second kappa shape index (κ2) is 3.32. The summed E-state index contributed by atoms with van der Waals surface area (Å²) in [6.45, 7) is 0. The predicted octanol–water partition coefficient (Wildman–Crippen LogP) is 1.85. The summed E-state index contributed by atoms with van der Waals surface area (Å²) in [5.41, 5.74) is 0. The summed E-state index contributed by atoms with van der Waals surface area (Å²) in [6.07, 6.45) is 0. The van der Waals surface area contributed by atoms with Gasteiger partial charge in [0.1, 0.15) is 0 Å². The summed E-state index contributed by atoms with van der Waals surface area (Å²) < 4.78 is 8.93. The summed E-state index contributed by atoms with van der Waals surface area (Å²) >= 11 is 0. The van der Waals surface area contributed by atoms with Crippen molar-refractivity contribution in [3.8, 4) is 0 Å². The first kappa shape index (κ1) is 7.22. The molecule has 0 aliphatic carbocycles. The molecule has 0 saturated heterocycles. The van der Waals surface area contributed by atoms with Gasteiger partial charge in [0.2, 0.25) is 0 Å². The molecule has 0 aromatic heterocycles. The Labute approximate surface area is 61.3 Å². The van der Waals surface area contributed by atoms with Crippen molar-refractivity contribution in [2.24, 2.45) is 0 Å². The minimum atomic E-state index is -1.35. The second-order valence-corrected chi connectivity index (χ2v) is 2.89.